The summed E-state index contributed by atoms with van der Waals surface area (Å²) >= 11 is 0. The predicted molar refractivity (Wildman–Crippen MR) is 90.9 cm³/mol. The second-order valence-corrected chi connectivity index (χ2v) is 7.95. The van der Waals surface area contributed by atoms with Gasteiger partial charge in [-0.05, 0) is 51.0 Å². The van der Waals surface area contributed by atoms with Crippen LogP contribution in [0.1, 0.15) is 53.9 Å². The summed E-state index contributed by atoms with van der Waals surface area (Å²) in [5.74, 6) is 0.760. The Kier molecular flexibility index (Phi) is 7.63. The molecule has 0 saturated carbocycles. The molecule has 1 aliphatic heterocycles. The van der Waals surface area contributed by atoms with Crippen molar-refractivity contribution >= 4 is 6.03 Å². The van der Waals surface area contributed by atoms with Gasteiger partial charge in [0.2, 0.25) is 0 Å². The third kappa shape index (κ3) is 7.99. The van der Waals surface area contributed by atoms with E-state index in [4.69, 9.17) is 0 Å². The van der Waals surface area contributed by atoms with E-state index in [1.807, 2.05) is 0 Å². The molecule has 5 heteroatoms. The van der Waals surface area contributed by atoms with Crippen LogP contribution in [0.25, 0.3) is 0 Å². The second-order valence-electron chi connectivity index (χ2n) is 7.95. The van der Waals surface area contributed by atoms with E-state index in [1.54, 1.807) is 6.92 Å². The summed E-state index contributed by atoms with van der Waals surface area (Å²) in [4.78, 5) is 14.4. The van der Waals surface area contributed by atoms with E-state index >= 15 is 0 Å². The number of aliphatic hydroxyl groups excluding tert-OH is 1. The van der Waals surface area contributed by atoms with E-state index in [1.165, 1.54) is 12.8 Å². The number of likely N-dealkylation sites (tertiary alicyclic amines) is 1. The summed E-state index contributed by atoms with van der Waals surface area (Å²) in [5.41, 5.74) is -0.100. The van der Waals surface area contributed by atoms with Crippen molar-refractivity contribution in [3.8, 4) is 0 Å². The van der Waals surface area contributed by atoms with Crippen LogP contribution in [-0.4, -0.2) is 54.4 Å². The minimum absolute atomic E-state index is 0.100. The highest BCUT2D eigenvalue weighted by Crippen LogP contribution is 2.21. The lowest BCUT2D eigenvalue weighted by molar-refractivity contribution is 0.128. The first-order valence-electron chi connectivity index (χ1n) is 8.63. The van der Waals surface area contributed by atoms with Gasteiger partial charge in [-0.2, -0.15) is 0 Å². The number of hydrogen-bond acceptors (Lipinski definition) is 3. The zero-order valence-corrected chi connectivity index (χ0v) is 15.0. The molecular formula is C17H35N3O2. The molecule has 1 aliphatic rings. The first kappa shape index (κ1) is 19.2. The first-order valence-corrected chi connectivity index (χ1v) is 8.63. The Morgan fingerprint density at radius 2 is 2.09 bits per heavy atom. The first-order chi connectivity index (χ1) is 10.2. The Morgan fingerprint density at radius 3 is 2.68 bits per heavy atom. The quantitative estimate of drug-likeness (QED) is 0.675. The van der Waals surface area contributed by atoms with Crippen molar-refractivity contribution in [3.05, 3.63) is 0 Å². The Morgan fingerprint density at radius 1 is 1.41 bits per heavy atom. The van der Waals surface area contributed by atoms with Crippen molar-refractivity contribution in [1.82, 2.24) is 15.5 Å². The Bertz CT molecular complexity index is 345. The van der Waals surface area contributed by atoms with Crippen LogP contribution in [-0.2, 0) is 0 Å². The van der Waals surface area contributed by atoms with E-state index in [2.05, 4.69) is 43.2 Å². The summed E-state index contributed by atoms with van der Waals surface area (Å²) in [7, 11) is 0. The number of carbonyl (C=O) groups excluding carboxylic acids is 1. The molecule has 3 N–H and O–H groups in total. The van der Waals surface area contributed by atoms with Crippen LogP contribution in [0.15, 0.2) is 0 Å². The van der Waals surface area contributed by atoms with Gasteiger partial charge in [-0.25, -0.2) is 4.79 Å². The fourth-order valence-electron chi connectivity index (χ4n) is 3.35. The minimum Gasteiger partial charge on any atom is -0.393 e. The third-order valence-corrected chi connectivity index (χ3v) is 4.23. The number of nitrogens with one attached hydrogen (secondary N) is 2. The lowest BCUT2D eigenvalue weighted by Gasteiger charge is -2.33. The standard InChI is InChI=1S/C17H35N3O2/c1-13-7-6-8-20(10-13)11-14(2)19-16(22)18-12-17(4,5)9-15(3)21/h13-15,21H,6-12H2,1-5H3,(H2,18,19,22). The van der Waals surface area contributed by atoms with E-state index < -0.39 is 0 Å². The largest absolute Gasteiger partial charge is 0.393 e. The van der Waals surface area contributed by atoms with Gasteiger partial charge in [0.1, 0.15) is 0 Å². The molecule has 3 unspecified atom stereocenters. The van der Waals surface area contributed by atoms with Crippen LogP contribution >= 0.6 is 0 Å². The Hall–Kier alpha value is -0.810. The Labute approximate surface area is 135 Å². The number of carbonyl (C=O) groups is 1. The molecule has 0 aliphatic carbocycles. The molecule has 130 valence electrons. The fourth-order valence-corrected chi connectivity index (χ4v) is 3.35. The molecule has 1 rings (SSSR count). The molecule has 1 saturated heterocycles. The molecular weight excluding hydrogens is 278 g/mol. The van der Waals surface area contributed by atoms with Gasteiger partial charge in [0.25, 0.3) is 0 Å². The highest BCUT2D eigenvalue weighted by Gasteiger charge is 2.22. The molecule has 0 radical (unpaired) electrons. The molecule has 3 atom stereocenters. The smallest absolute Gasteiger partial charge is 0.315 e. The monoisotopic (exact) mass is 313 g/mol. The highest BCUT2D eigenvalue weighted by atomic mass is 16.3. The maximum Gasteiger partial charge on any atom is 0.315 e. The maximum absolute atomic E-state index is 12.0. The topological polar surface area (TPSA) is 64.6 Å². The second kappa shape index (κ2) is 8.73. The average molecular weight is 313 g/mol. The normalized spacial score (nSPS) is 22.9. The molecule has 0 aromatic heterocycles. The van der Waals surface area contributed by atoms with E-state index in [-0.39, 0.29) is 23.6 Å². The van der Waals surface area contributed by atoms with Crippen molar-refractivity contribution in [2.75, 3.05) is 26.2 Å². The summed E-state index contributed by atoms with van der Waals surface area (Å²) in [5, 5.41) is 15.4. The van der Waals surface area contributed by atoms with E-state index in [0.717, 1.165) is 25.6 Å². The van der Waals surface area contributed by atoms with E-state index in [9.17, 15) is 9.90 Å². The highest BCUT2D eigenvalue weighted by molar-refractivity contribution is 5.74. The fraction of sp³-hybridized carbons (Fsp3) is 0.941. The maximum atomic E-state index is 12.0. The van der Waals surface area contributed by atoms with Crippen LogP contribution in [0.3, 0.4) is 0 Å². The molecule has 22 heavy (non-hydrogen) atoms. The summed E-state index contributed by atoms with van der Waals surface area (Å²) in [6, 6.07) is 0.0291. The van der Waals surface area contributed by atoms with Crippen molar-refractivity contribution in [2.45, 2.75) is 66.0 Å². The number of aliphatic hydroxyl groups is 1. The number of amides is 2. The summed E-state index contributed by atoms with van der Waals surface area (Å²) < 4.78 is 0. The van der Waals surface area contributed by atoms with Crippen LogP contribution in [0.2, 0.25) is 0 Å². The molecule has 0 aromatic carbocycles. The number of hydrogen-bond donors (Lipinski definition) is 3. The third-order valence-electron chi connectivity index (χ3n) is 4.23. The summed E-state index contributed by atoms with van der Waals surface area (Å²) in [6.45, 7) is 14.0. The van der Waals surface area contributed by atoms with Crippen molar-refractivity contribution < 1.29 is 9.90 Å². The van der Waals surface area contributed by atoms with Gasteiger partial charge in [-0.3, -0.25) is 0 Å². The van der Waals surface area contributed by atoms with Gasteiger partial charge < -0.3 is 20.6 Å². The van der Waals surface area contributed by atoms with Gasteiger partial charge in [-0.1, -0.05) is 20.8 Å². The molecule has 5 nitrogen and oxygen atoms in total. The number of urea groups is 1. The molecule has 1 heterocycles. The molecule has 1 fully saturated rings. The van der Waals surface area contributed by atoms with Gasteiger partial charge in [0.05, 0.1) is 6.10 Å². The van der Waals surface area contributed by atoms with Crippen molar-refractivity contribution in [2.24, 2.45) is 11.3 Å². The van der Waals surface area contributed by atoms with Gasteiger partial charge >= 0.3 is 6.03 Å². The number of rotatable bonds is 7. The van der Waals surface area contributed by atoms with Crippen LogP contribution in [0.4, 0.5) is 4.79 Å². The molecule has 0 spiro atoms. The average Bonchev–Trinajstić information content (AvgIpc) is 2.34. The van der Waals surface area contributed by atoms with Crippen molar-refractivity contribution in [1.29, 1.82) is 0 Å². The van der Waals surface area contributed by atoms with Crippen LogP contribution in [0, 0.1) is 11.3 Å². The molecule has 0 aromatic rings. The Balaban J connectivity index is 2.26. The van der Waals surface area contributed by atoms with Gasteiger partial charge in [0.15, 0.2) is 0 Å². The number of nitrogens with zero attached hydrogens (tertiary/aromatic N) is 1. The lowest BCUT2D eigenvalue weighted by Crippen LogP contribution is -2.49. The van der Waals surface area contributed by atoms with Gasteiger partial charge in [0, 0.05) is 25.7 Å². The minimum atomic E-state index is -0.347. The van der Waals surface area contributed by atoms with Crippen LogP contribution in [0.5, 0.6) is 0 Å². The van der Waals surface area contributed by atoms with Crippen molar-refractivity contribution in [3.63, 3.8) is 0 Å². The lowest BCUT2D eigenvalue weighted by atomic mass is 9.87. The van der Waals surface area contributed by atoms with Crippen LogP contribution < -0.4 is 10.6 Å². The number of piperidine rings is 1. The zero-order chi connectivity index (χ0) is 16.8. The van der Waals surface area contributed by atoms with E-state index in [0.29, 0.717) is 13.0 Å². The van der Waals surface area contributed by atoms with Gasteiger partial charge in [-0.15, -0.1) is 0 Å². The predicted octanol–water partition coefficient (Wildman–Crippen LogP) is 2.20. The molecule has 2 amide bonds. The summed E-state index contributed by atoms with van der Waals surface area (Å²) in [6.07, 6.45) is 2.90. The zero-order valence-electron chi connectivity index (χ0n) is 15.0. The molecule has 0 bridgehead atoms. The SMILES string of the molecule is CC(O)CC(C)(C)CNC(=O)NC(C)CN1CCCC(C)C1.